The molecule has 0 saturated heterocycles. The van der Waals surface area contributed by atoms with Gasteiger partial charge >= 0.3 is 5.97 Å². The maximum absolute atomic E-state index is 13.3. The molecule has 0 spiro atoms. The first-order chi connectivity index (χ1) is 9.49. The van der Waals surface area contributed by atoms with Crippen LogP contribution in [0.15, 0.2) is 30.6 Å². The third-order valence-electron chi connectivity index (χ3n) is 2.95. The SMILES string of the molecule is CC(C)n1ccnc1CNc1ccc(F)c(C(=O)O)c1. The molecule has 2 aromatic rings. The number of anilines is 1. The summed E-state index contributed by atoms with van der Waals surface area (Å²) in [5.74, 6) is -1.19. The van der Waals surface area contributed by atoms with Gasteiger partial charge in [0.2, 0.25) is 0 Å². The number of imidazole rings is 1. The van der Waals surface area contributed by atoms with Crippen molar-refractivity contribution in [3.8, 4) is 0 Å². The third kappa shape index (κ3) is 2.96. The average molecular weight is 277 g/mol. The van der Waals surface area contributed by atoms with Crippen molar-refractivity contribution in [3.63, 3.8) is 0 Å². The normalized spacial score (nSPS) is 10.8. The number of nitrogens with one attached hydrogen (secondary N) is 1. The summed E-state index contributed by atoms with van der Waals surface area (Å²) in [7, 11) is 0. The highest BCUT2D eigenvalue weighted by Crippen LogP contribution is 2.16. The predicted molar refractivity (Wildman–Crippen MR) is 73.3 cm³/mol. The zero-order valence-corrected chi connectivity index (χ0v) is 11.3. The van der Waals surface area contributed by atoms with Crippen molar-refractivity contribution in [2.24, 2.45) is 0 Å². The lowest BCUT2D eigenvalue weighted by atomic mass is 10.2. The van der Waals surface area contributed by atoms with Crippen LogP contribution in [-0.4, -0.2) is 20.6 Å². The van der Waals surface area contributed by atoms with Crippen LogP contribution >= 0.6 is 0 Å². The van der Waals surface area contributed by atoms with Crippen LogP contribution in [-0.2, 0) is 6.54 Å². The lowest BCUT2D eigenvalue weighted by Crippen LogP contribution is -2.10. The second kappa shape index (κ2) is 5.73. The summed E-state index contributed by atoms with van der Waals surface area (Å²) in [5, 5.41) is 11.9. The smallest absolute Gasteiger partial charge is 0.338 e. The van der Waals surface area contributed by atoms with E-state index in [4.69, 9.17) is 5.11 Å². The van der Waals surface area contributed by atoms with Gasteiger partial charge in [-0.3, -0.25) is 0 Å². The number of carbonyl (C=O) groups is 1. The van der Waals surface area contributed by atoms with Crippen LogP contribution in [0.25, 0.3) is 0 Å². The Balaban J connectivity index is 2.13. The van der Waals surface area contributed by atoms with Crippen LogP contribution in [0.3, 0.4) is 0 Å². The number of nitrogens with zero attached hydrogens (tertiary/aromatic N) is 2. The molecule has 1 heterocycles. The number of carboxylic acid groups (broad SMARTS) is 1. The Bertz CT molecular complexity index is 623. The molecule has 0 unspecified atom stereocenters. The quantitative estimate of drug-likeness (QED) is 0.881. The van der Waals surface area contributed by atoms with Crippen molar-refractivity contribution in [1.29, 1.82) is 0 Å². The van der Waals surface area contributed by atoms with Crippen molar-refractivity contribution in [3.05, 3.63) is 47.8 Å². The summed E-state index contributed by atoms with van der Waals surface area (Å²) in [4.78, 5) is 15.1. The van der Waals surface area contributed by atoms with Crippen LogP contribution in [0.4, 0.5) is 10.1 Å². The van der Waals surface area contributed by atoms with E-state index >= 15 is 0 Å². The molecular weight excluding hydrogens is 261 g/mol. The van der Waals surface area contributed by atoms with Gasteiger partial charge in [0.25, 0.3) is 0 Å². The number of aromatic nitrogens is 2. The zero-order chi connectivity index (χ0) is 14.7. The van der Waals surface area contributed by atoms with E-state index in [1.165, 1.54) is 12.1 Å². The predicted octanol–water partition coefficient (Wildman–Crippen LogP) is 2.91. The monoisotopic (exact) mass is 277 g/mol. The number of benzene rings is 1. The fraction of sp³-hybridized carbons (Fsp3) is 0.286. The van der Waals surface area contributed by atoms with Gasteiger partial charge < -0.3 is 15.0 Å². The Morgan fingerprint density at radius 1 is 1.50 bits per heavy atom. The topological polar surface area (TPSA) is 67.2 Å². The molecule has 5 nitrogen and oxygen atoms in total. The van der Waals surface area contributed by atoms with Gasteiger partial charge in [-0.1, -0.05) is 0 Å². The molecule has 0 fully saturated rings. The second-order valence-electron chi connectivity index (χ2n) is 4.70. The van der Waals surface area contributed by atoms with Crippen molar-refractivity contribution in [1.82, 2.24) is 9.55 Å². The highest BCUT2D eigenvalue weighted by molar-refractivity contribution is 5.89. The van der Waals surface area contributed by atoms with E-state index in [1.807, 2.05) is 24.6 Å². The van der Waals surface area contributed by atoms with Crippen molar-refractivity contribution < 1.29 is 14.3 Å². The van der Waals surface area contributed by atoms with Crippen molar-refractivity contribution in [2.75, 3.05) is 5.32 Å². The molecule has 6 heteroatoms. The number of rotatable bonds is 5. The molecule has 1 aromatic heterocycles. The molecule has 0 aliphatic heterocycles. The minimum Gasteiger partial charge on any atom is -0.478 e. The Morgan fingerprint density at radius 3 is 2.90 bits per heavy atom. The molecule has 20 heavy (non-hydrogen) atoms. The largest absolute Gasteiger partial charge is 0.478 e. The maximum Gasteiger partial charge on any atom is 0.338 e. The summed E-state index contributed by atoms with van der Waals surface area (Å²) in [6.07, 6.45) is 3.60. The Kier molecular flexibility index (Phi) is 4.02. The first-order valence-electron chi connectivity index (χ1n) is 6.27. The third-order valence-corrected chi connectivity index (χ3v) is 2.95. The summed E-state index contributed by atoms with van der Waals surface area (Å²) >= 11 is 0. The number of hydrogen-bond acceptors (Lipinski definition) is 3. The Labute approximate surface area is 116 Å². The van der Waals surface area contributed by atoms with E-state index in [0.29, 0.717) is 12.2 Å². The van der Waals surface area contributed by atoms with E-state index in [1.54, 1.807) is 6.20 Å². The number of hydrogen-bond donors (Lipinski definition) is 2. The summed E-state index contributed by atoms with van der Waals surface area (Å²) in [6.45, 7) is 4.53. The lowest BCUT2D eigenvalue weighted by Gasteiger charge is -2.13. The average Bonchev–Trinajstić information content (AvgIpc) is 2.86. The van der Waals surface area contributed by atoms with Gasteiger partial charge in [-0.2, -0.15) is 0 Å². The summed E-state index contributed by atoms with van der Waals surface area (Å²) in [6, 6.07) is 4.21. The zero-order valence-electron chi connectivity index (χ0n) is 11.3. The molecule has 1 aromatic carbocycles. The molecule has 0 atom stereocenters. The van der Waals surface area contributed by atoms with Crippen LogP contribution in [0.1, 0.15) is 36.1 Å². The second-order valence-corrected chi connectivity index (χ2v) is 4.70. The summed E-state index contributed by atoms with van der Waals surface area (Å²) in [5.41, 5.74) is 0.198. The first-order valence-corrected chi connectivity index (χ1v) is 6.27. The Hall–Kier alpha value is -2.37. The summed E-state index contributed by atoms with van der Waals surface area (Å²) < 4.78 is 15.3. The van der Waals surface area contributed by atoms with Crippen molar-refractivity contribution in [2.45, 2.75) is 26.4 Å². The highest BCUT2D eigenvalue weighted by atomic mass is 19.1. The molecule has 0 saturated carbocycles. The molecule has 0 radical (unpaired) electrons. The molecule has 0 aliphatic rings. The fourth-order valence-corrected chi connectivity index (χ4v) is 1.93. The molecule has 2 rings (SSSR count). The standard InChI is InChI=1S/C14H16FN3O2/c1-9(2)18-6-5-16-13(18)8-17-10-3-4-12(15)11(7-10)14(19)20/h3-7,9,17H,8H2,1-2H3,(H,19,20). The molecule has 0 amide bonds. The van der Waals surface area contributed by atoms with Crippen LogP contribution in [0.2, 0.25) is 0 Å². The van der Waals surface area contributed by atoms with E-state index in [9.17, 15) is 9.18 Å². The fourth-order valence-electron chi connectivity index (χ4n) is 1.93. The van der Waals surface area contributed by atoms with Gasteiger partial charge in [0.1, 0.15) is 11.6 Å². The van der Waals surface area contributed by atoms with Crippen LogP contribution in [0, 0.1) is 5.82 Å². The van der Waals surface area contributed by atoms with E-state index in [2.05, 4.69) is 10.3 Å². The molecular formula is C14H16FN3O2. The van der Waals surface area contributed by atoms with E-state index in [0.717, 1.165) is 11.9 Å². The van der Waals surface area contributed by atoms with Gasteiger partial charge in [0, 0.05) is 24.1 Å². The number of aromatic carboxylic acids is 1. The van der Waals surface area contributed by atoms with Crippen molar-refractivity contribution >= 4 is 11.7 Å². The van der Waals surface area contributed by atoms with Gasteiger partial charge in [0.15, 0.2) is 0 Å². The lowest BCUT2D eigenvalue weighted by molar-refractivity contribution is 0.0692. The maximum atomic E-state index is 13.3. The van der Waals surface area contributed by atoms with Gasteiger partial charge in [0.05, 0.1) is 12.1 Å². The minimum absolute atomic E-state index is 0.289. The molecule has 0 aliphatic carbocycles. The molecule has 2 N–H and O–H groups in total. The first kappa shape index (κ1) is 14.0. The molecule has 0 bridgehead atoms. The van der Waals surface area contributed by atoms with Gasteiger partial charge in [-0.05, 0) is 32.0 Å². The Morgan fingerprint density at radius 2 is 2.25 bits per heavy atom. The van der Waals surface area contributed by atoms with Gasteiger partial charge in [-0.15, -0.1) is 0 Å². The minimum atomic E-state index is -1.28. The van der Waals surface area contributed by atoms with Gasteiger partial charge in [-0.25, -0.2) is 14.2 Å². The van der Waals surface area contributed by atoms with E-state index < -0.39 is 11.8 Å². The number of halogens is 1. The van der Waals surface area contributed by atoms with E-state index in [-0.39, 0.29) is 11.6 Å². The molecule has 106 valence electrons. The van der Waals surface area contributed by atoms with Crippen LogP contribution < -0.4 is 5.32 Å². The van der Waals surface area contributed by atoms with Crippen LogP contribution in [0.5, 0.6) is 0 Å². The highest BCUT2D eigenvalue weighted by Gasteiger charge is 2.11. The number of carboxylic acids is 1.